The molecule has 1 saturated heterocycles. The minimum Gasteiger partial charge on any atom is -0.325 e. The Morgan fingerprint density at radius 1 is 1.22 bits per heavy atom. The second-order valence-electron chi connectivity index (χ2n) is 6.98. The Morgan fingerprint density at radius 3 is 2.65 bits per heavy atom. The number of aryl methyl sites for hydroxylation is 1. The van der Waals surface area contributed by atoms with E-state index >= 15 is 0 Å². The first-order valence-electron chi connectivity index (χ1n) is 9.06. The number of benzene rings is 1. The van der Waals surface area contributed by atoms with Crippen LogP contribution in [0.5, 0.6) is 0 Å². The Bertz CT molecular complexity index is 512. The molecule has 2 fully saturated rings. The van der Waals surface area contributed by atoms with E-state index in [-0.39, 0.29) is 11.4 Å². The van der Waals surface area contributed by atoms with Gasteiger partial charge in [0.25, 0.3) is 0 Å². The zero-order valence-electron chi connectivity index (χ0n) is 14.2. The van der Waals surface area contributed by atoms with Gasteiger partial charge in [0.15, 0.2) is 0 Å². The molecule has 126 valence electrons. The SMILES string of the molecule is CCc1ccc(NC(=O)CN2CCNCC23CCCCC3)cc1. The van der Waals surface area contributed by atoms with Crippen LogP contribution in [0.1, 0.15) is 44.6 Å². The van der Waals surface area contributed by atoms with Crippen LogP contribution < -0.4 is 10.6 Å². The van der Waals surface area contributed by atoms with E-state index in [1.807, 2.05) is 12.1 Å². The zero-order valence-corrected chi connectivity index (χ0v) is 14.2. The van der Waals surface area contributed by atoms with Gasteiger partial charge in [-0.1, -0.05) is 38.3 Å². The summed E-state index contributed by atoms with van der Waals surface area (Å²) in [6, 6.07) is 8.18. The molecule has 2 aliphatic rings. The lowest BCUT2D eigenvalue weighted by Gasteiger charge is -2.49. The van der Waals surface area contributed by atoms with Crippen molar-refractivity contribution in [2.24, 2.45) is 0 Å². The van der Waals surface area contributed by atoms with E-state index in [9.17, 15) is 4.79 Å². The Hall–Kier alpha value is -1.39. The van der Waals surface area contributed by atoms with Crippen LogP contribution in [-0.4, -0.2) is 42.5 Å². The van der Waals surface area contributed by atoms with Gasteiger partial charge < -0.3 is 10.6 Å². The van der Waals surface area contributed by atoms with E-state index in [1.54, 1.807) is 0 Å². The molecule has 0 unspecified atom stereocenters. The molecule has 2 N–H and O–H groups in total. The van der Waals surface area contributed by atoms with Crippen molar-refractivity contribution in [1.82, 2.24) is 10.2 Å². The molecule has 1 spiro atoms. The number of nitrogens with one attached hydrogen (secondary N) is 2. The number of carbonyl (C=O) groups is 1. The lowest BCUT2D eigenvalue weighted by molar-refractivity contribution is -0.120. The van der Waals surface area contributed by atoms with Gasteiger partial charge >= 0.3 is 0 Å². The molecular formula is C19H29N3O. The van der Waals surface area contributed by atoms with Crippen molar-refractivity contribution in [2.45, 2.75) is 51.0 Å². The van der Waals surface area contributed by atoms with Gasteiger partial charge in [-0.15, -0.1) is 0 Å². The van der Waals surface area contributed by atoms with E-state index in [2.05, 4.69) is 34.6 Å². The summed E-state index contributed by atoms with van der Waals surface area (Å²) in [7, 11) is 0. The normalized spacial score (nSPS) is 21.3. The van der Waals surface area contributed by atoms with Crippen LogP contribution in [0.3, 0.4) is 0 Å². The van der Waals surface area contributed by atoms with E-state index in [4.69, 9.17) is 0 Å². The van der Waals surface area contributed by atoms with Gasteiger partial charge in [0.1, 0.15) is 0 Å². The molecule has 0 aromatic heterocycles. The molecule has 0 radical (unpaired) electrons. The minimum atomic E-state index is 0.112. The summed E-state index contributed by atoms with van der Waals surface area (Å²) in [5.74, 6) is 0.112. The highest BCUT2D eigenvalue weighted by Gasteiger charge is 2.40. The number of amides is 1. The highest BCUT2D eigenvalue weighted by molar-refractivity contribution is 5.92. The van der Waals surface area contributed by atoms with Crippen LogP contribution >= 0.6 is 0 Å². The van der Waals surface area contributed by atoms with E-state index in [0.717, 1.165) is 31.7 Å². The first kappa shape index (κ1) is 16.5. The average Bonchev–Trinajstić information content (AvgIpc) is 2.59. The highest BCUT2D eigenvalue weighted by atomic mass is 16.2. The van der Waals surface area contributed by atoms with E-state index in [1.165, 1.54) is 37.7 Å². The topological polar surface area (TPSA) is 44.4 Å². The third-order valence-corrected chi connectivity index (χ3v) is 5.45. The fourth-order valence-electron chi connectivity index (χ4n) is 4.03. The molecule has 1 aliphatic carbocycles. The molecule has 1 aromatic rings. The molecule has 1 amide bonds. The van der Waals surface area contributed by atoms with Crippen LogP contribution in [0.15, 0.2) is 24.3 Å². The van der Waals surface area contributed by atoms with Crippen LogP contribution in [0.4, 0.5) is 5.69 Å². The summed E-state index contributed by atoms with van der Waals surface area (Å²) in [6.45, 7) is 5.65. The zero-order chi connectivity index (χ0) is 16.1. The van der Waals surface area contributed by atoms with Crippen LogP contribution in [0.2, 0.25) is 0 Å². The number of rotatable bonds is 4. The number of nitrogens with zero attached hydrogens (tertiary/aromatic N) is 1. The third-order valence-electron chi connectivity index (χ3n) is 5.45. The Balaban J connectivity index is 1.60. The van der Waals surface area contributed by atoms with Crippen molar-refractivity contribution < 1.29 is 4.79 Å². The molecule has 0 atom stereocenters. The second-order valence-corrected chi connectivity index (χ2v) is 6.98. The molecule has 1 aromatic carbocycles. The monoisotopic (exact) mass is 315 g/mol. The summed E-state index contributed by atoms with van der Waals surface area (Å²) in [6.07, 6.45) is 7.39. The molecule has 3 rings (SSSR count). The summed E-state index contributed by atoms with van der Waals surface area (Å²) in [5, 5.41) is 6.60. The average molecular weight is 315 g/mol. The maximum absolute atomic E-state index is 12.5. The van der Waals surface area contributed by atoms with Crippen molar-refractivity contribution in [3.63, 3.8) is 0 Å². The number of anilines is 1. The third kappa shape index (κ3) is 3.93. The summed E-state index contributed by atoms with van der Waals surface area (Å²) in [4.78, 5) is 14.9. The molecule has 4 heteroatoms. The van der Waals surface area contributed by atoms with Gasteiger partial charge in [-0.2, -0.15) is 0 Å². The molecule has 4 nitrogen and oxygen atoms in total. The molecule has 1 aliphatic heterocycles. The minimum absolute atomic E-state index is 0.112. The van der Waals surface area contributed by atoms with E-state index < -0.39 is 0 Å². The molecule has 23 heavy (non-hydrogen) atoms. The molecule has 0 bridgehead atoms. The van der Waals surface area contributed by atoms with Crippen molar-refractivity contribution in [3.05, 3.63) is 29.8 Å². The number of hydrogen-bond acceptors (Lipinski definition) is 3. The predicted octanol–water partition coefficient (Wildman–Crippen LogP) is 2.80. The first-order valence-corrected chi connectivity index (χ1v) is 9.06. The van der Waals surface area contributed by atoms with Gasteiger partial charge in [-0.3, -0.25) is 9.69 Å². The first-order chi connectivity index (χ1) is 11.2. The van der Waals surface area contributed by atoms with Gasteiger partial charge in [0.05, 0.1) is 6.54 Å². The number of piperazine rings is 1. The molecule has 1 heterocycles. The van der Waals surface area contributed by atoms with Crippen molar-refractivity contribution in [3.8, 4) is 0 Å². The molecular weight excluding hydrogens is 286 g/mol. The fourth-order valence-corrected chi connectivity index (χ4v) is 4.03. The van der Waals surface area contributed by atoms with Gasteiger partial charge in [0, 0.05) is 30.9 Å². The maximum atomic E-state index is 12.5. The highest BCUT2D eigenvalue weighted by Crippen LogP contribution is 2.34. The Morgan fingerprint density at radius 2 is 1.96 bits per heavy atom. The van der Waals surface area contributed by atoms with Crippen LogP contribution in [0.25, 0.3) is 0 Å². The maximum Gasteiger partial charge on any atom is 0.238 e. The van der Waals surface area contributed by atoms with Gasteiger partial charge in [-0.05, 0) is 37.0 Å². The predicted molar refractivity (Wildman–Crippen MR) is 94.7 cm³/mol. The number of carbonyl (C=O) groups excluding carboxylic acids is 1. The smallest absolute Gasteiger partial charge is 0.238 e. The quantitative estimate of drug-likeness (QED) is 0.898. The van der Waals surface area contributed by atoms with Gasteiger partial charge in [0.2, 0.25) is 5.91 Å². The summed E-state index contributed by atoms with van der Waals surface area (Å²) >= 11 is 0. The van der Waals surface area contributed by atoms with Crippen LogP contribution in [0, 0.1) is 0 Å². The largest absolute Gasteiger partial charge is 0.325 e. The van der Waals surface area contributed by atoms with Crippen molar-refractivity contribution >= 4 is 11.6 Å². The Labute approximate surface area is 139 Å². The Kier molecular flexibility index (Phi) is 5.34. The number of hydrogen-bond donors (Lipinski definition) is 2. The summed E-state index contributed by atoms with van der Waals surface area (Å²) < 4.78 is 0. The fraction of sp³-hybridized carbons (Fsp3) is 0.632. The van der Waals surface area contributed by atoms with Crippen molar-refractivity contribution in [1.29, 1.82) is 0 Å². The summed E-state index contributed by atoms with van der Waals surface area (Å²) in [5.41, 5.74) is 2.41. The van der Waals surface area contributed by atoms with Crippen LogP contribution in [-0.2, 0) is 11.2 Å². The molecule has 1 saturated carbocycles. The van der Waals surface area contributed by atoms with Crippen molar-refractivity contribution in [2.75, 3.05) is 31.5 Å². The van der Waals surface area contributed by atoms with Gasteiger partial charge in [-0.25, -0.2) is 0 Å². The lowest BCUT2D eigenvalue weighted by Crippen LogP contribution is -2.63. The van der Waals surface area contributed by atoms with E-state index in [0.29, 0.717) is 6.54 Å². The standard InChI is InChI=1S/C19H29N3O/c1-2-16-6-8-17(9-7-16)21-18(23)14-22-13-12-20-15-19(22)10-4-3-5-11-19/h6-9,20H,2-5,10-15H2,1H3,(H,21,23). The lowest BCUT2D eigenvalue weighted by atomic mass is 9.79. The second kappa shape index (κ2) is 7.45.